The molecular weight excluding hydrogens is 242 g/mol. The number of rotatable bonds is 3. The summed E-state index contributed by atoms with van der Waals surface area (Å²) < 4.78 is 0. The molecular formula is C14H21N3O2. The Balaban J connectivity index is 2.29. The summed E-state index contributed by atoms with van der Waals surface area (Å²) in [6.07, 6.45) is 1.03. The summed E-state index contributed by atoms with van der Waals surface area (Å²) in [4.78, 5) is 13.0. The fourth-order valence-corrected chi connectivity index (χ4v) is 2.72. The van der Waals surface area contributed by atoms with E-state index in [9.17, 15) is 10.1 Å². The molecule has 2 atom stereocenters. The SMILES string of the molecule is Cc1ccc(N2CCC(C)C(CN)C2)c([N+](=O)[O-])c1. The lowest BCUT2D eigenvalue weighted by Crippen LogP contribution is -2.42. The number of nitrogens with two attached hydrogens (primary N) is 1. The van der Waals surface area contributed by atoms with Crippen molar-refractivity contribution in [1.82, 2.24) is 0 Å². The van der Waals surface area contributed by atoms with Crippen LogP contribution in [0.1, 0.15) is 18.9 Å². The lowest BCUT2D eigenvalue weighted by atomic mass is 9.87. The highest BCUT2D eigenvalue weighted by atomic mass is 16.6. The maximum atomic E-state index is 11.2. The quantitative estimate of drug-likeness (QED) is 0.671. The Morgan fingerprint density at radius 3 is 2.89 bits per heavy atom. The van der Waals surface area contributed by atoms with E-state index < -0.39 is 0 Å². The van der Waals surface area contributed by atoms with Crippen molar-refractivity contribution < 1.29 is 4.92 Å². The normalized spacial score (nSPS) is 23.4. The van der Waals surface area contributed by atoms with Gasteiger partial charge in [-0.15, -0.1) is 0 Å². The van der Waals surface area contributed by atoms with E-state index in [0.29, 0.717) is 18.4 Å². The van der Waals surface area contributed by atoms with Gasteiger partial charge in [-0.3, -0.25) is 10.1 Å². The number of hydrogen-bond donors (Lipinski definition) is 1. The van der Waals surface area contributed by atoms with Crippen LogP contribution >= 0.6 is 0 Å². The summed E-state index contributed by atoms with van der Waals surface area (Å²) in [5, 5.41) is 11.2. The second kappa shape index (κ2) is 5.57. The third-order valence-corrected chi connectivity index (χ3v) is 4.09. The number of piperidine rings is 1. The average Bonchev–Trinajstić information content (AvgIpc) is 2.39. The van der Waals surface area contributed by atoms with Gasteiger partial charge in [0.05, 0.1) is 4.92 Å². The van der Waals surface area contributed by atoms with E-state index in [0.717, 1.165) is 30.8 Å². The van der Waals surface area contributed by atoms with Crippen LogP contribution in [0.4, 0.5) is 11.4 Å². The molecule has 1 aliphatic rings. The maximum Gasteiger partial charge on any atom is 0.292 e. The molecule has 1 fully saturated rings. The maximum absolute atomic E-state index is 11.2. The van der Waals surface area contributed by atoms with E-state index in [2.05, 4.69) is 11.8 Å². The summed E-state index contributed by atoms with van der Waals surface area (Å²) in [6.45, 7) is 6.39. The molecule has 0 bridgehead atoms. The van der Waals surface area contributed by atoms with Gasteiger partial charge in [-0.1, -0.05) is 13.0 Å². The smallest absolute Gasteiger partial charge is 0.292 e. The molecule has 19 heavy (non-hydrogen) atoms. The molecule has 2 rings (SSSR count). The van der Waals surface area contributed by atoms with Crippen LogP contribution in [0.15, 0.2) is 18.2 Å². The molecule has 0 aliphatic carbocycles. The molecule has 0 aromatic heterocycles. The van der Waals surface area contributed by atoms with Crippen molar-refractivity contribution in [2.45, 2.75) is 20.3 Å². The second-order valence-corrected chi connectivity index (χ2v) is 5.46. The highest BCUT2D eigenvalue weighted by Gasteiger charge is 2.28. The molecule has 2 unspecified atom stereocenters. The summed E-state index contributed by atoms with van der Waals surface area (Å²) in [5.41, 5.74) is 7.63. The number of anilines is 1. The van der Waals surface area contributed by atoms with Gasteiger partial charge in [0, 0.05) is 19.2 Å². The Morgan fingerprint density at radius 2 is 2.26 bits per heavy atom. The van der Waals surface area contributed by atoms with Crippen LogP contribution in [-0.4, -0.2) is 24.6 Å². The van der Waals surface area contributed by atoms with Gasteiger partial charge in [-0.25, -0.2) is 0 Å². The lowest BCUT2D eigenvalue weighted by molar-refractivity contribution is -0.384. The summed E-state index contributed by atoms with van der Waals surface area (Å²) in [5.74, 6) is 1.00. The molecule has 5 nitrogen and oxygen atoms in total. The molecule has 104 valence electrons. The predicted molar refractivity (Wildman–Crippen MR) is 76.4 cm³/mol. The molecule has 0 saturated carbocycles. The highest BCUT2D eigenvalue weighted by Crippen LogP contribution is 2.33. The first-order valence-corrected chi connectivity index (χ1v) is 6.73. The zero-order chi connectivity index (χ0) is 14.0. The zero-order valence-corrected chi connectivity index (χ0v) is 11.5. The van der Waals surface area contributed by atoms with Gasteiger partial charge in [0.2, 0.25) is 0 Å². The molecule has 1 aliphatic heterocycles. The van der Waals surface area contributed by atoms with Crippen molar-refractivity contribution in [1.29, 1.82) is 0 Å². The van der Waals surface area contributed by atoms with Crippen LogP contribution in [0.2, 0.25) is 0 Å². The molecule has 5 heteroatoms. The van der Waals surface area contributed by atoms with Crippen LogP contribution in [0.25, 0.3) is 0 Å². The molecule has 0 radical (unpaired) electrons. The van der Waals surface area contributed by atoms with Gasteiger partial charge in [0.1, 0.15) is 5.69 Å². The molecule has 0 amide bonds. The van der Waals surface area contributed by atoms with Gasteiger partial charge in [-0.05, 0) is 43.4 Å². The third kappa shape index (κ3) is 2.87. The molecule has 1 saturated heterocycles. The first-order valence-electron chi connectivity index (χ1n) is 6.73. The third-order valence-electron chi connectivity index (χ3n) is 4.09. The van der Waals surface area contributed by atoms with Gasteiger partial charge in [0.15, 0.2) is 0 Å². The highest BCUT2D eigenvalue weighted by molar-refractivity contribution is 5.64. The number of aryl methyl sites for hydroxylation is 1. The van der Waals surface area contributed by atoms with Crippen LogP contribution in [0.5, 0.6) is 0 Å². The van der Waals surface area contributed by atoms with Crippen LogP contribution in [-0.2, 0) is 0 Å². The Morgan fingerprint density at radius 1 is 1.53 bits per heavy atom. The molecule has 1 aromatic rings. The summed E-state index contributed by atoms with van der Waals surface area (Å²) in [6, 6.07) is 5.43. The van der Waals surface area contributed by atoms with Crippen molar-refractivity contribution >= 4 is 11.4 Å². The zero-order valence-electron chi connectivity index (χ0n) is 11.5. The van der Waals surface area contributed by atoms with E-state index in [4.69, 9.17) is 5.73 Å². The average molecular weight is 263 g/mol. The topological polar surface area (TPSA) is 72.4 Å². The number of hydrogen-bond acceptors (Lipinski definition) is 4. The Bertz CT molecular complexity index is 476. The summed E-state index contributed by atoms with van der Waals surface area (Å²) in [7, 11) is 0. The Kier molecular flexibility index (Phi) is 4.04. The van der Waals surface area contributed by atoms with Crippen LogP contribution < -0.4 is 10.6 Å². The Hall–Kier alpha value is -1.62. The second-order valence-electron chi connectivity index (χ2n) is 5.46. The van der Waals surface area contributed by atoms with E-state index in [1.807, 2.05) is 19.1 Å². The van der Waals surface area contributed by atoms with Crippen molar-refractivity contribution in [3.63, 3.8) is 0 Å². The van der Waals surface area contributed by atoms with E-state index in [1.165, 1.54) is 0 Å². The minimum absolute atomic E-state index is 0.199. The van der Waals surface area contributed by atoms with Crippen LogP contribution in [0, 0.1) is 28.9 Å². The van der Waals surface area contributed by atoms with Gasteiger partial charge >= 0.3 is 0 Å². The number of nitro groups is 1. The molecule has 2 N–H and O–H groups in total. The predicted octanol–water partition coefficient (Wildman–Crippen LogP) is 2.32. The molecule has 0 spiro atoms. The number of nitrogens with zero attached hydrogens (tertiary/aromatic N) is 2. The summed E-state index contributed by atoms with van der Waals surface area (Å²) >= 11 is 0. The largest absolute Gasteiger partial charge is 0.366 e. The van der Waals surface area contributed by atoms with E-state index in [1.54, 1.807) is 6.07 Å². The number of nitro benzene ring substituents is 1. The fraction of sp³-hybridized carbons (Fsp3) is 0.571. The first-order chi connectivity index (χ1) is 9.02. The van der Waals surface area contributed by atoms with Gasteiger partial charge < -0.3 is 10.6 Å². The van der Waals surface area contributed by atoms with Crippen molar-refractivity contribution in [2.75, 3.05) is 24.5 Å². The van der Waals surface area contributed by atoms with Crippen molar-refractivity contribution in [2.24, 2.45) is 17.6 Å². The molecule has 1 aromatic carbocycles. The van der Waals surface area contributed by atoms with Crippen molar-refractivity contribution in [3.8, 4) is 0 Å². The minimum Gasteiger partial charge on any atom is -0.366 e. The fourth-order valence-electron chi connectivity index (χ4n) is 2.72. The standard InChI is InChI=1S/C14H21N3O2/c1-10-3-4-13(14(7-10)17(18)19)16-6-5-11(2)12(8-15)9-16/h3-4,7,11-12H,5-6,8-9,15H2,1-2H3. The lowest BCUT2D eigenvalue weighted by Gasteiger charge is -2.37. The number of benzene rings is 1. The van der Waals surface area contributed by atoms with E-state index >= 15 is 0 Å². The van der Waals surface area contributed by atoms with Gasteiger partial charge in [0.25, 0.3) is 5.69 Å². The van der Waals surface area contributed by atoms with Gasteiger partial charge in [-0.2, -0.15) is 0 Å². The first kappa shape index (κ1) is 13.8. The molecule has 1 heterocycles. The van der Waals surface area contributed by atoms with Crippen molar-refractivity contribution in [3.05, 3.63) is 33.9 Å². The monoisotopic (exact) mass is 263 g/mol. The van der Waals surface area contributed by atoms with Crippen LogP contribution in [0.3, 0.4) is 0 Å². The minimum atomic E-state index is -0.294. The Labute approximate surface area is 113 Å². The van der Waals surface area contributed by atoms with E-state index in [-0.39, 0.29) is 10.6 Å².